The standard InChI is InChI=1S/C19H20ClF3N6O/c1-10(2)29-14-6-11(15-12(20)7-25-17(24)26-15)5-13(21)16(14)27-18(29)28-3-4-30-9-19(22,23)8-28/h5-7,10H,3-4,8-9H2,1-2H3,(H2,24,25,26). The fourth-order valence-corrected chi connectivity index (χ4v) is 3.76. The molecule has 1 aliphatic heterocycles. The van der Waals surface area contributed by atoms with Gasteiger partial charge in [-0.3, -0.25) is 0 Å². The normalized spacial score (nSPS) is 17.0. The van der Waals surface area contributed by atoms with Crippen molar-refractivity contribution in [2.75, 3.05) is 36.9 Å². The van der Waals surface area contributed by atoms with Crippen molar-refractivity contribution in [1.82, 2.24) is 19.5 Å². The van der Waals surface area contributed by atoms with E-state index < -0.39 is 24.9 Å². The average molecular weight is 441 g/mol. The van der Waals surface area contributed by atoms with Gasteiger partial charge in [-0.25, -0.2) is 28.1 Å². The second kappa shape index (κ2) is 7.59. The first-order valence-corrected chi connectivity index (χ1v) is 9.74. The number of hydrogen-bond acceptors (Lipinski definition) is 6. The maximum Gasteiger partial charge on any atom is 0.288 e. The Morgan fingerprint density at radius 1 is 1.27 bits per heavy atom. The highest BCUT2D eigenvalue weighted by Crippen LogP contribution is 2.35. The summed E-state index contributed by atoms with van der Waals surface area (Å²) in [5.74, 6) is -3.39. The van der Waals surface area contributed by atoms with E-state index in [-0.39, 0.29) is 47.3 Å². The van der Waals surface area contributed by atoms with Crippen LogP contribution in [0.25, 0.3) is 22.3 Å². The number of ether oxygens (including phenoxy) is 1. The van der Waals surface area contributed by atoms with Crippen LogP contribution in [0.15, 0.2) is 18.3 Å². The Hall–Kier alpha value is -2.59. The second-order valence-electron chi connectivity index (χ2n) is 7.46. The first-order chi connectivity index (χ1) is 14.2. The number of nitrogens with zero attached hydrogens (tertiary/aromatic N) is 5. The third kappa shape index (κ3) is 3.77. The highest BCUT2D eigenvalue weighted by atomic mass is 35.5. The molecule has 3 heterocycles. The van der Waals surface area contributed by atoms with E-state index in [1.165, 1.54) is 17.2 Å². The monoisotopic (exact) mass is 440 g/mol. The topological polar surface area (TPSA) is 82.1 Å². The van der Waals surface area contributed by atoms with E-state index in [9.17, 15) is 8.78 Å². The summed E-state index contributed by atoms with van der Waals surface area (Å²) >= 11 is 6.18. The fraction of sp³-hybridized carbons (Fsp3) is 0.421. The molecule has 11 heteroatoms. The highest BCUT2D eigenvalue weighted by Gasteiger charge is 2.36. The molecule has 0 spiro atoms. The lowest BCUT2D eigenvalue weighted by atomic mass is 10.1. The molecule has 1 fully saturated rings. The number of imidazole rings is 1. The minimum atomic E-state index is -3.04. The molecule has 0 saturated carbocycles. The Morgan fingerprint density at radius 3 is 2.77 bits per heavy atom. The molecule has 2 aromatic heterocycles. The van der Waals surface area contributed by atoms with Gasteiger partial charge in [-0.05, 0) is 26.0 Å². The van der Waals surface area contributed by atoms with E-state index in [4.69, 9.17) is 22.1 Å². The summed E-state index contributed by atoms with van der Waals surface area (Å²) in [6.45, 7) is 2.87. The number of halogens is 4. The number of nitrogen functional groups attached to an aromatic ring is 1. The number of nitrogens with two attached hydrogens (primary N) is 1. The van der Waals surface area contributed by atoms with E-state index in [1.54, 1.807) is 10.6 Å². The molecule has 3 aromatic rings. The van der Waals surface area contributed by atoms with Crippen molar-refractivity contribution in [1.29, 1.82) is 0 Å². The summed E-state index contributed by atoms with van der Waals surface area (Å²) < 4.78 is 50.0. The van der Waals surface area contributed by atoms with Crippen LogP contribution in [0.5, 0.6) is 0 Å². The number of aromatic nitrogens is 4. The number of fused-ring (bicyclic) bond motifs is 1. The molecule has 4 rings (SSSR count). The molecule has 0 amide bonds. The Balaban J connectivity index is 1.91. The summed E-state index contributed by atoms with van der Waals surface area (Å²) in [5.41, 5.74) is 6.83. The molecule has 160 valence electrons. The quantitative estimate of drug-likeness (QED) is 0.664. The van der Waals surface area contributed by atoms with E-state index >= 15 is 4.39 Å². The molecule has 7 nitrogen and oxygen atoms in total. The van der Waals surface area contributed by atoms with E-state index in [0.717, 1.165) is 0 Å². The van der Waals surface area contributed by atoms with E-state index in [1.807, 2.05) is 13.8 Å². The van der Waals surface area contributed by atoms with Gasteiger partial charge in [0.25, 0.3) is 5.92 Å². The summed E-state index contributed by atoms with van der Waals surface area (Å²) in [4.78, 5) is 13.7. The molecule has 0 atom stereocenters. The van der Waals surface area contributed by atoms with Gasteiger partial charge in [0, 0.05) is 18.2 Å². The Bertz CT molecular complexity index is 1100. The molecule has 2 N–H and O–H groups in total. The first-order valence-electron chi connectivity index (χ1n) is 9.36. The number of hydrogen-bond donors (Lipinski definition) is 1. The van der Waals surface area contributed by atoms with Gasteiger partial charge in [0.05, 0.1) is 35.6 Å². The second-order valence-corrected chi connectivity index (χ2v) is 7.86. The fourth-order valence-electron chi connectivity index (χ4n) is 3.56. The van der Waals surface area contributed by atoms with Crippen LogP contribution in [0.4, 0.5) is 25.1 Å². The number of rotatable bonds is 3. The molecule has 1 aliphatic rings. The van der Waals surface area contributed by atoms with Crippen LogP contribution in [0.1, 0.15) is 19.9 Å². The van der Waals surface area contributed by atoms with E-state index in [0.29, 0.717) is 11.1 Å². The zero-order chi connectivity index (χ0) is 21.6. The van der Waals surface area contributed by atoms with Crippen LogP contribution in [-0.4, -0.2) is 51.7 Å². The van der Waals surface area contributed by atoms with Crippen molar-refractivity contribution in [2.24, 2.45) is 0 Å². The Morgan fingerprint density at radius 2 is 2.03 bits per heavy atom. The summed E-state index contributed by atoms with van der Waals surface area (Å²) in [5, 5.41) is 0.211. The van der Waals surface area contributed by atoms with E-state index in [2.05, 4.69) is 15.0 Å². The van der Waals surface area contributed by atoms with Crippen molar-refractivity contribution >= 4 is 34.5 Å². The van der Waals surface area contributed by atoms with Crippen LogP contribution >= 0.6 is 11.6 Å². The number of anilines is 2. The van der Waals surface area contributed by atoms with Crippen LogP contribution in [-0.2, 0) is 4.74 Å². The Kier molecular flexibility index (Phi) is 5.23. The van der Waals surface area contributed by atoms with Gasteiger partial charge < -0.3 is 19.9 Å². The number of alkyl halides is 2. The third-order valence-electron chi connectivity index (χ3n) is 4.81. The minimum absolute atomic E-state index is 0.000223. The van der Waals surface area contributed by atoms with Gasteiger partial charge in [-0.2, -0.15) is 0 Å². The smallest absolute Gasteiger partial charge is 0.288 e. The van der Waals surface area contributed by atoms with Crippen molar-refractivity contribution < 1.29 is 17.9 Å². The lowest BCUT2D eigenvalue weighted by molar-refractivity contribution is -0.0564. The average Bonchev–Trinajstić information content (AvgIpc) is 2.96. The molecule has 0 bridgehead atoms. The Labute approximate surface area is 175 Å². The van der Waals surface area contributed by atoms with Gasteiger partial charge in [-0.1, -0.05) is 11.6 Å². The van der Waals surface area contributed by atoms with Crippen molar-refractivity contribution in [3.8, 4) is 11.3 Å². The van der Waals surface area contributed by atoms with Crippen molar-refractivity contribution in [3.63, 3.8) is 0 Å². The summed E-state index contributed by atoms with van der Waals surface area (Å²) in [6.07, 6.45) is 1.34. The maximum atomic E-state index is 15.0. The molecular formula is C19H20ClF3N6O. The number of benzene rings is 1. The van der Waals surface area contributed by atoms with Crippen LogP contribution < -0.4 is 10.6 Å². The maximum absolute atomic E-state index is 15.0. The molecular weight excluding hydrogens is 421 g/mol. The predicted molar refractivity (Wildman–Crippen MR) is 109 cm³/mol. The molecule has 1 aromatic carbocycles. The molecule has 1 saturated heterocycles. The van der Waals surface area contributed by atoms with Crippen molar-refractivity contribution in [3.05, 3.63) is 29.2 Å². The van der Waals surface area contributed by atoms with Gasteiger partial charge in [0.1, 0.15) is 12.1 Å². The SMILES string of the molecule is CC(C)n1c(N2CCOCC(F)(F)C2)nc2c(F)cc(-c3nc(N)ncc3Cl)cc21. The molecule has 30 heavy (non-hydrogen) atoms. The van der Waals surface area contributed by atoms with Gasteiger partial charge >= 0.3 is 0 Å². The van der Waals surface area contributed by atoms with Crippen LogP contribution in [0.2, 0.25) is 5.02 Å². The zero-order valence-corrected chi connectivity index (χ0v) is 17.1. The van der Waals surface area contributed by atoms with Crippen LogP contribution in [0.3, 0.4) is 0 Å². The molecule has 0 radical (unpaired) electrons. The molecule has 0 unspecified atom stereocenters. The third-order valence-corrected chi connectivity index (χ3v) is 5.08. The molecule has 0 aliphatic carbocycles. The largest absolute Gasteiger partial charge is 0.373 e. The summed E-state index contributed by atoms with van der Waals surface area (Å²) in [6, 6.07) is 2.75. The highest BCUT2D eigenvalue weighted by molar-refractivity contribution is 6.33. The van der Waals surface area contributed by atoms with Gasteiger partial charge in [-0.15, -0.1) is 0 Å². The van der Waals surface area contributed by atoms with Crippen molar-refractivity contribution in [2.45, 2.75) is 25.8 Å². The zero-order valence-electron chi connectivity index (χ0n) is 16.4. The lowest BCUT2D eigenvalue weighted by Gasteiger charge is -2.26. The van der Waals surface area contributed by atoms with Gasteiger partial charge in [0.2, 0.25) is 11.9 Å². The predicted octanol–water partition coefficient (Wildman–Crippen LogP) is 3.92. The minimum Gasteiger partial charge on any atom is -0.373 e. The lowest BCUT2D eigenvalue weighted by Crippen LogP contribution is -2.39. The first kappa shape index (κ1) is 20.7. The van der Waals surface area contributed by atoms with Crippen LogP contribution in [0, 0.1) is 5.82 Å². The summed E-state index contributed by atoms with van der Waals surface area (Å²) in [7, 11) is 0. The van der Waals surface area contributed by atoms with Gasteiger partial charge in [0.15, 0.2) is 5.82 Å².